The van der Waals surface area contributed by atoms with Gasteiger partial charge in [0.1, 0.15) is 5.75 Å². The van der Waals surface area contributed by atoms with Gasteiger partial charge in [-0.05, 0) is 48.8 Å². The highest BCUT2D eigenvalue weighted by Gasteiger charge is 2.39. The zero-order valence-electron chi connectivity index (χ0n) is 12.5. The van der Waals surface area contributed by atoms with Crippen molar-refractivity contribution in [1.82, 2.24) is 5.32 Å². The topological polar surface area (TPSA) is 38.3 Å². The second kappa shape index (κ2) is 6.73. The number of thioether (sulfide) groups is 1. The molecule has 1 aromatic carbocycles. The number of carbonyl (C=O) groups is 1. The van der Waals surface area contributed by atoms with Gasteiger partial charge in [-0.1, -0.05) is 18.6 Å². The van der Waals surface area contributed by atoms with Crippen LogP contribution in [0.1, 0.15) is 31.2 Å². The van der Waals surface area contributed by atoms with Crippen LogP contribution >= 0.6 is 11.8 Å². The lowest BCUT2D eigenvalue weighted by atomic mass is 9.95. The van der Waals surface area contributed by atoms with Crippen molar-refractivity contribution < 1.29 is 9.53 Å². The molecule has 0 unspecified atom stereocenters. The third-order valence-corrected chi connectivity index (χ3v) is 5.75. The van der Waals surface area contributed by atoms with Gasteiger partial charge in [-0.2, -0.15) is 0 Å². The number of amides is 1. The zero-order valence-corrected chi connectivity index (χ0v) is 13.3. The van der Waals surface area contributed by atoms with Crippen LogP contribution in [0.25, 0.3) is 0 Å². The molecule has 0 aromatic heterocycles. The molecule has 0 spiro atoms. The standard InChI is InChI=1S/C17H23NO2S/c1-20-15-6-3-12(4-7-15)10-21-11-17(19)18-16-9-13-2-5-14(16)8-13/h3-4,6-7,13-14,16H,2,5,8-11H2,1H3,(H,18,19)/t13-,14-,16+/m0/s1. The van der Waals surface area contributed by atoms with E-state index in [1.807, 2.05) is 12.1 Å². The highest BCUT2D eigenvalue weighted by Crippen LogP contribution is 2.44. The first-order valence-electron chi connectivity index (χ1n) is 7.74. The van der Waals surface area contributed by atoms with E-state index in [1.54, 1.807) is 18.9 Å². The van der Waals surface area contributed by atoms with Crippen molar-refractivity contribution in [3.05, 3.63) is 29.8 Å². The Morgan fingerprint density at radius 1 is 1.29 bits per heavy atom. The summed E-state index contributed by atoms with van der Waals surface area (Å²) in [5.41, 5.74) is 1.23. The maximum Gasteiger partial charge on any atom is 0.230 e. The molecule has 1 amide bonds. The molecule has 2 aliphatic carbocycles. The van der Waals surface area contributed by atoms with E-state index in [9.17, 15) is 4.79 Å². The van der Waals surface area contributed by atoms with Crippen LogP contribution in [0.2, 0.25) is 0 Å². The number of carbonyl (C=O) groups excluding carboxylic acids is 1. The van der Waals surface area contributed by atoms with E-state index in [-0.39, 0.29) is 5.91 Å². The fraction of sp³-hybridized carbons (Fsp3) is 0.588. The Morgan fingerprint density at radius 3 is 2.71 bits per heavy atom. The third-order valence-electron chi connectivity index (χ3n) is 4.75. The van der Waals surface area contributed by atoms with E-state index in [0.717, 1.165) is 23.3 Å². The molecule has 1 N–H and O–H groups in total. The van der Waals surface area contributed by atoms with Crippen molar-refractivity contribution in [2.45, 2.75) is 37.5 Å². The van der Waals surface area contributed by atoms with Crippen molar-refractivity contribution in [3.63, 3.8) is 0 Å². The van der Waals surface area contributed by atoms with Crippen LogP contribution in [0, 0.1) is 11.8 Å². The lowest BCUT2D eigenvalue weighted by Crippen LogP contribution is -2.39. The summed E-state index contributed by atoms with van der Waals surface area (Å²) in [4.78, 5) is 12.0. The van der Waals surface area contributed by atoms with Crippen molar-refractivity contribution in [3.8, 4) is 5.75 Å². The Bertz CT molecular complexity index is 488. The zero-order chi connectivity index (χ0) is 14.7. The van der Waals surface area contributed by atoms with Crippen LogP contribution in [-0.4, -0.2) is 24.8 Å². The molecular weight excluding hydrogens is 282 g/mol. The normalized spacial score (nSPS) is 26.8. The van der Waals surface area contributed by atoms with Gasteiger partial charge in [-0.25, -0.2) is 0 Å². The quantitative estimate of drug-likeness (QED) is 0.877. The predicted molar refractivity (Wildman–Crippen MR) is 86.5 cm³/mol. The number of nitrogens with one attached hydrogen (secondary N) is 1. The number of fused-ring (bicyclic) bond motifs is 2. The minimum absolute atomic E-state index is 0.200. The van der Waals surface area contributed by atoms with Gasteiger partial charge in [-0.15, -0.1) is 11.8 Å². The van der Waals surface area contributed by atoms with Gasteiger partial charge in [0.2, 0.25) is 5.91 Å². The number of benzene rings is 1. The Hall–Kier alpha value is -1.16. The monoisotopic (exact) mass is 305 g/mol. The first-order chi connectivity index (χ1) is 10.2. The average molecular weight is 305 g/mol. The second-order valence-corrected chi connectivity index (χ2v) is 7.18. The summed E-state index contributed by atoms with van der Waals surface area (Å²) in [6.45, 7) is 0. The van der Waals surface area contributed by atoms with Gasteiger partial charge >= 0.3 is 0 Å². The SMILES string of the molecule is COc1ccc(CSCC(=O)N[C@@H]2C[C@H]3CC[C@H]2C3)cc1. The first-order valence-corrected chi connectivity index (χ1v) is 8.90. The fourth-order valence-corrected chi connectivity index (χ4v) is 4.45. The molecule has 2 fully saturated rings. The average Bonchev–Trinajstić information content (AvgIpc) is 3.10. The van der Waals surface area contributed by atoms with E-state index in [2.05, 4.69) is 17.4 Å². The van der Waals surface area contributed by atoms with E-state index in [0.29, 0.717) is 11.8 Å². The van der Waals surface area contributed by atoms with E-state index >= 15 is 0 Å². The van der Waals surface area contributed by atoms with Gasteiger partial charge in [-0.3, -0.25) is 4.79 Å². The molecule has 0 saturated heterocycles. The maximum absolute atomic E-state index is 12.0. The Labute approximate surface area is 130 Å². The summed E-state index contributed by atoms with van der Waals surface area (Å²) in [5, 5.41) is 3.24. The molecule has 3 atom stereocenters. The molecule has 114 valence electrons. The Morgan fingerprint density at radius 2 is 2.10 bits per heavy atom. The molecule has 2 bridgehead atoms. The van der Waals surface area contributed by atoms with Crippen LogP contribution in [0.3, 0.4) is 0 Å². The van der Waals surface area contributed by atoms with Crippen molar-refractivity contribution in [1.29, 1.82) is 0 Å². The molecule has 0 aliphatic heterocycles. The van der Waals surface area contributed by atoms with Gasteiger partial charge in [0.05, 0.1) is 12.9 Å². The summed E-state index contributed by atoms with van der Waals surface area (Å²) in [6.07, 6.45) is 5.24. The second-order valence-electron chi connectivity index (χ2n) is 6.19. The van der Waals surface area contributed by atoms with Crippen LogP contribution in [-0.2, 0) is 10.5 Å². The number of rotatable bonds is 6. The molecule has 3 rings (SSSR count). The van der Waals surface area contributed by atoms with E-state index < -0.39 is 0 Å². The van der Waals surface area contributed by atoms with E-state index in [1.165, 1.54) is 31.2 Å². The molecule has 2 saturated carbocycles. The van der Waals surface area contributed by atoms with Gasteiger partial charge in [0.15, 0.2) is 0 Å². The fourth-order valence-electron chi connectivity index (χ4n) is 3.65. The molecular formula is C17H23NO2S. The molecule has 1 aromatic rings. The summed E-state index contributed by atoms with van der Waals surface area (Å²) in [5.74, 6) is 4.13. The lowest BCUT2D eigenvalue weighted by molar-refractivity contribution is -0.119. The van der Waals surface area contributed by atoms with Crippen LogP contribution in [0.15, 0.2) is 24.3 Å². The Balaban J connectivity index is 1.37. The van der Waals surface area contributed by atoms with Crippen molar-refractivity contribution >= 4 is 17.7 Å². The number of ether oxygens (including phenoxy) is 1. The predicted octanol–water partition coefficient (Wildman–Crippen LogP) is 3.23. The smallest absolute Gasteiger partial charge is 0.230 e. The third kappa shape index (κ3) is 3.73. The molecule has 21 heavy (non-hydrogen) atoms. The lowest BCUT2D eigenvalue weighted by Gasteiger charge is -2.22. The van der Waals surface area contributed by atoms with Crippen molar-refractivity contribution in [2.75, 3.05) is 12.9 Å². The van der Waals surface area contributed by atoms with E-state index in [4.69, 9.17) is 4.74 Å². The minimum atomic E-state index is 0.200. The summed E-state index contributed by atoms with van der Waals surface area (Å²) >= 11 is 1.68. The van der Waals surface area contributed by atoms with Gasteiger partial charge in [0, 0.05) is 11.8 Å². The Kier molecular flexibility index (Phi) is 4.73. The van der Waals surface area contributed by atoms with Gasteiger partial charge in [0.25, 0.3) is 0 Å². The first kappa shape index (κ1) is 14.8. The van der Waals surface area contributed by atoms with Crippen LogP contribution < -0.4 is 10.1 Å². The maximum atomic E-state index is 12.0. The number of hydrogen-bond acceptors (Lipinski definition) is 3. The molecule has 0 radical (unpaired) electrons. The molecule has 2 aliphatic rings. The number of hydrogen-bond donors (Lipinski definition) is 1. The molecule has 4 heteroatoms. The number of methoxy groups -OCH3 is 1. The summed E-state index contributed by atoms with van der Waals surface area (Å²) in [7, 11) is 1.67. The minimum Gasteiger partial charge on any atom is -0.497 e. The van der Waals surface area contributed by atoms with Crippen LogP contribution in [0.4, 0.5) is 0 Å². The molecule has 3 nitrogen and oxygen atoms in total. The van der Waals surface area contributed by atoms with Crippen molar-refractivity contribution in [2.24, 2.45) is 11.8 Å². The van der Waals surface area contributed by atoms with Gasteiger partial charge < -0.3 is 10.1 Å². The molecule has 0 heterocycles. The summed E-state index contributed by atoms with van der Waals surface area (Å²) < 4.78 is 5.14. The summed E-state index contributed by atoms with van der Waals surface area (Å²) in [6, 6.07) is 8.49. The van der Waals surface area contributed by atoms with Crippen LogP contribution in [0.5, 0.6) is 5.75 Å². The highest BCUT2D eigenvalue weighted by molar-refractivity contribution is 7.99. The highest BCUT2D eigenvalue weighted by atomic mass is 32.2. The largest absolute Gasteiger partial charge is 0.497 e.